The molecule has 0 bridgehead atoms. The second-order valence-electron chi connectivity index (χ2n) is 7.71. The molecule has 0 aliphatic rings. The molecule has 0 fully saturated rings. The van der Waals surface area contributed by atoms with Crippen molar-refractivity contribution >= 4 is 11.9 Å². The summed E-state index contributed by atoms with van der Waals surface area (Å²) < 4.78 is 0. The van der Waals surface area contributed by atoms with Crippen molar-refractivity contribution in [2.45, 2.75) is 51.9 Å². The number of unbranched alkanes of at least 4 members (excludes halogenated alkanes) is 2. The van der Waals surface area contributed by atoms with Crippen LogP contribution in [0.15, 0.2) is 78.9 Å². The highest BCUT2D eigenvalue weighted by Crippen LogP contribution is 2.33. The minimum Gasteiger partial charge on any atom is -0.652 e. The Morgan fingerprint density at radius 1 is 0.781 bits per heavy atom. The molecule has 1 atom stereocenters. The maximum absolute atomic E-state index is 13.3. The Labute approximate surface area is 190 Å². The van der Waals surface area contributed by atoms with E-state index >= 15 is 0 Å². The highest BCUT2D eigenvalue weighted by Gasteiger charge is 2.20. The number of hydrogen-bond donors (Lipinski definition) is 0. The van der Waals surface area contributed by atoms with E-state index in [0.717, 1.165) is 24.0 Å². The first kappa shape index (κ1) is 24.9. The van der Waals surface area contributed by atoms with Gasteiger partial charge in [0.1, 0.15) is 0 Å². The zero-order chi connectivity index (χ0) is 23.3. The molecule has 0 aromatic heterocycles. The summed E-state index contributed by atoms with van der Waals surface area (Å²) in [7, 11) is 0. The van der Waals surface area contributed by atoms with Gasteiger partial charge in [-0.3, -0.25) is 4.79 Å². The summed E-state index contributed by atoms with van der Waals surface area (Å²) in [4.78, 5) is 21.6. The van der Waals surface area contributed by atoms with Crippen LogP contribution in [0.2, 0.25) is 0 Å². The Morgan fingerprint density at radius 3 is 1.94 bits per heavy atom. The average molecular weight is 431 g/mol. The number of benzene rings is 3. The molecule has 32 heavy (non-hydrogen) atoms. The maximum Gasteiger partial charge on any atom is 0.193 e. The second-order valence-corrected chi connectivity index (χ2v) is 7.71. The molecule has 4 heteroatoms. The van der Waals surface area contributed by atoms with Gasteiger partial charge < -0.3 is 15.0 Å². The Hall–Kier alpha value is -3.40. The molecule has 1 unspecified atom stereocenters. The fraction of sp³-hybridized carbons (Fsp3) is 0.286. The number of carbonyl (C=O) groups is 2. The van der Waals surface area contributed by atoms with Crippen molar-refractivity contribution in [3.8, 4) is 11.1 Å². The van der Waals surface area contributed by atoms with Crippen LogP contribution in [-0.4, -0.2) is 11.9 Å². The largest absolute Gasteiger partial charge is 0.652 e. The number of hydrogen-bond acceptors (Lipinski definition) is 4. The van der Waals surface area contributed by atoms with Gasteiger partial charge in [-0.2, -0.15) is 0 Å². The van der Waals surface area contributed by atoms with Crippen molar-refractivity contribution in [2.24, 2.45) is 0 Å². The van der Waals surface area contributed by atoms with Crippen LogP contribution in [0.3, 0.4) is 0 Å². The van der Waals surface area contributed by atoms with Gasteiger partial charge in [-0.15, -0.1) is 0 Å². The Kier molecular flexibility index (Phi) is 10.2. The molecule has 0 saturated heterocycles. The van der Waals surface area contributed by atoms with Gasteiger partial charge in [0.2, 0.25) is 0 Å². The van der Waals surface area contributed by atoms with E-state index in [0.29, 0.717) is 5.92 Å². The Balaban J connectivity index is 0.000000837. The van der Waals surface area contributed by atoms with E-state index in [9.17, 15) is 4.79 Å². The first-order valence-corrected chi connectivity index (χ1v) is 11.1. The Bertz CT molecular complexity index is 977. The topological polar surface area (TPSA) is 80.3 Å². The standard InChI is InChI=1S/C27H30O.CH2O3/c1-3-5-8-13-21(4-2)26-20-24(22-14-9-6-10-15-22)18-19-25(26)27(28)23-16-11-7-12-17-23;2-1(3)4/h6-7,9-12,14-21H,3-5,8,13H2,1-2H3;(H2,2,3,4)/p-2. The summed E-state index contributed by atoms with van der Waals surface area (Å²) in [5, 5.41) is 16.7. The van der Waals surface area contributed by atoms with Crippen LogP contribution in [0, 0.1) is 0 Å². The van der Waals surface area contributed by atoms with E-state index in [-0.39, 0.29) is 5.78 Å². The summed E-state index contributed by atoms with van der Waals surface area (Å²) in [6.07, 6.45) is 3.53. The lowest BCUT2D eigenvalue weighted by Crippen LogP contribution is -2.37. The fourth-order valence-corrected chi connectivity index (χ4v) is 3.88. The zero-order valence-corrected chi connectivity index (χ0v) is 18.8. The smallest absolute Gasteiger partial charge is 0.193 e. The van der Waals surface area contributed by atoms with E-state index in [1.165, 1.54) is 36.0 Å². The third-order valence-corrected chi connectivity index (χ3v) is 5.53. The van der Waals surface area contributed by atoms with Crippen molar-refractivity contribution in [1.82, 2.24) is 0 Å². The van der Waals surface area contributed by atoms with E-state index in [1.807, 2.05) is 42.5 Å². The molecule has 0 aliphatic carbocycles. The van der Waals surface area contributed by atoms with Crippen molar-refractivity contribution < 1.29 is 19.8 Å². The monoisotopic (exact) mass is 430 g/mol. The minimum absolute atomic E-state index is 0.129. The fourth-order valence-electron chi connectivity index (χ4n) is 3.88. The summed E-state index contributed by atoms with van der Waals surface area (Å²) in [6.45, 7) is 4.48. The summed E-state index contributed by atoms with van der Waals surface area (Å²) >= 11 is 0. The summed E-state index contributed by atoms with van der Waals surface area (Å²) in [6, 6.07) is 26.5. The van der Waals surface area contributed by atoms with Gasteiger partial charge >= 0.3 is 0 Å². The summed E-state index contributed by atoms with van der Waals surface area (Å²) in [5.74, 6) is 0.544. The molecule has 3 aromatic carbocycles. The van der Waals surface area contributed by atoms with Crippen molar-refractivity contribution in [1.29, 1.82) is 0 Å². The lowest BCUT2D eigenvalue weighted by molar-refractivity contribution is -0.415. The Morgan fingerprint density at radius 2 is 1.38 bits per heavy atom. The van der Waals surface area contributed by atoms with E-state index < -0.39 is 6.16 Å². The molecule has 0 amide bonds. The van der Waals surface area contributed by atoms with Crippen LogP contribution < -0.4 is 10.2 Å². The molecular formula is C28H30O4-2. The first-order chi connectivity index (χ1) is 15.5. The van der Waals surface area contributed by atoms with E-state index in [4.69, 9.17) is 15.0 Å². The highest BCUT2D eigenvalue weighted by atomic mass is 16.6. The van der Waals surface area contributed by atoms with Crippen LogP contribution in [0.1, 0.15) is 73.4 Å². The predicted octanol–water partition coefficient (Wildman–Crippen LogP) is 5.21. The van der Waals surface area contributed by atoms with Gasteiger partial charge in [-0.1, -0.05) is 112 Å². The SMILES string of the molecule is CCCCCC(CC)c1cc(-c2ccccc2)ccc1C(=O)c1ccccc1.O=C([O-])[O-]. The molecule has 0 aliphatic heterocycles. The number of carbonyl (C=O) groups excluding carboxylic acids is 2. The van der Waals surface area contributed by atoms with Crippen LogP contribution in [0.25, 0.3) is 11.1 Å². The lowest BCUT2D eigenvalue weighted by Gasteiger charge is -2.20. The molecule has 3 rings (SSSR count). The van der Waals surface area contributed by atoms with Gasteiger partial charge in [-0.05, 0) is 41.6 Å². The van der Waals surface area contributed by atoms with Gasteiger partial charge in [0.15, 0.2) is 5.78 Å². The predicted molar refractivity (Wildman–Crippen MR) is 124 cm³/mol. The molecule has 0 spiro atoms. The van der Waals surface area contributed by atoms with Crippen LogP contribution in [-0.2, 0) is 0 Å². The van der Waals surface area contributed by atoms with Crippen LogP contribution >= 0.6 is 0 Å². The summed E-state index contributed by atoms with van der Waals surface area (Å²) in [5.41, 5.74) is 5.21. The highest BCUT2D eigenvalue weighted by molar-refractivity contribution is 6.10. The molecule has 3 aromatic rings. The minimum atomic E-state index is -2.33. The van der Waals surface area contributed by atoms with Crippen molar-refractivity contribution in [2.75, 3.05) is 0 Å². The molecule has 4 nitrogen and oxygen atoms in total. The van der Waals surface area contributed by atoms with Crippen LogP contribution in [0.4, 0.5) is 4.79 Å². The normalized spacial score (nSPS) is 11.2. The van der Waals surface area contributed by atoms with Gasteiger partial charge in [-0.25, -0.2) is 0 Å². The molecule has 0 saturated carbocycles. The van der Waals surface area contributed by atoms with Gasteiger partial charge in [0.05, 0.1) is 0 Å². The number of rotatable bonds is 9. The van der Waals surface area contributed by atoms with Crippen molar-refractivity contribution in [3.63, 3.8) is 0 Å². The van der Waals surface area contributed by atoms with Gasteiger partial charge in [0.25, 0.3) is 0 Å². The molecule has 0 heterocycles. The molecular weight excluding hydrogens is 400 g/mol. The third kappa shape index (κ3) is 7.38. The van der Waals surface area contributed by atoms with E-state index in [2.05, 4.69) is 50.2 Å². The maximum atomic E-state index is 13.3. The van der Waals surface area contributed by atoms with Crippen LogP contribution in [0.5, 0.6) is 0 Å². The quantitative estimate of drug-likeness (QED) is 0.345. The first-order valence-electron chi connectivity index (χ1n) is 11.1. The van der Waals surface area contributed by atoms with Gasteiger partial charge in [0, 0.05) is 11.1 Å². The lowest BCUT2D eigenvalue weighted by atomic mass is 9.83. The zero-order valence-electron chi connectivity index (χ0n) is 18.8. The average Bonchev–Trinajstić information content (AvgIpc) is 2.82. The van der Waals surface area contributed by atoms with Crippen molar-refractivity contribution in [3.05, 3.63) is 95.6 Å². The molecule has 0 radical (unpaired) electrons. The third-order valence-electron chi connectivity index (χ3n) is 5.53. The number of carboxylic acid groups (broad SMARTS) is 2. The second kappa shape index (κ2) is 13.1. The molecule has 0 N–H and O–H groups in total. The molecule has 168 valence electrons. The number of ketones is 1. The van der Waals surface area contributed by atoms with E-state index in [1.54, 1.807) is 0 Å².